The highest BCUT2D eigenvalue weighted by Gasteiger charge is 2.15. The highest BCUT2D eigenvalue weighted by Crippen LogP contribution is 2.18. The first-order valence-electron chi connectivity index (χ1n) is 6.76. The van der Waals surface area contributed by atoms with Crippen LogP contribution in [0.2, 0.25) is 0 Å². The summed E-state index contributed by atoms with van der Waals surface area (Å²) in [5.41, 5.74) is 2.05. The summed E-state index contributed by atoms with van der Waals surface area (Å²) in [4.78, 5) is 14.2. The zero-order valence-corrected chi connectivity index (χ0v) is 12.1. The van der Waals surface area contributed by atoms with Crippen molar-refractivity contribution in [3.63, 3.8) is 0 Å². The maximum atomic E-state index is 12.4. The Bertz CT molecular complexity index is 527. The van der Waals surface area contributed by atoms with E-state index >= 15 is 0 Å². The molecule has 0 heterocycles. The number of carbonyl (C=O) groups is 1. The van der Waals surface area contributed by atoms with E-state index in [0.29, 0.717) is 25.3 Å². The Morgan fingerprint density at radius 2 is 1.55 bits per heavy atom. The molecule has 0 spiro atoms. The van der Waals surface area contributed by atoms with Gasteiger partial charge in [-0.2, -0.15) is 0 Å². The van der Waals surface area contributed by atoms with Crippen LogP contribution in [0.5, 0.6) is 0 Å². The van der Waals surface area contributed by atoms with Gasteiger partial charge in [-0.1, -0.05) is 48.5 Å². The lowest BCUT2D eigenvalue weighted by Crippen LogP contribution is -2.30. The first-order valence-corrected chi connectivity index (χ1v) is 7.30. The van der Waals surface area contributed by atoms with Gasteiger partial charge < -0.3 is 4.90 Å². The molecular formula is C17H18ClNO. The molecule has 2 aromatic carbocycles. The minimum Gasteiger partial charge on any atom is -0.308 e. The van der Waals surface area contributed by atoms with Crippen molar-refractivity contribution in [2.24, 2.45) is 0 Å². The van der Waals surface area contributed by atoms with Crippen LogP contribution in [-0.4, -0.2) is 11.8 Å². The molecule has 20 heavy (non-hydrogen) atoms. The van der Waals surface area contributed by atoms with Crippen LogP contribution in [0.15, 0.2) is 60.7 Å². The minimum absolute atomic E-state index is 0.112. The third-order valence-electron chi connectivity index (χ3n) is 3.08. The number of hydrogen-bond acceptors (Lipinski definition) is 1. The number of hydrogen-bond donors (Lipinski definition) is 0. The molecule has 0 atom stereocenters. The number of amides is 1. The van der Waals surface area contributed by atoms with Gasteiger partial charge in [0.25, 0.3) is 0 Å². The maximum Gasteiger partial charge on any atom is 0.227 e. The number of carbonyl (C=O) groups excluding carboxylic acids is 1. The Hall–Kier alpha value is -1.80. The molecule has 104 valence electrons. The van der Waals surface area contributed by atoms with Gasteiger partial charge >= 0.3 is 0 Å². The Balaban J connectivity index is 2.18. The van der Waals surface area contributed by atoms with Crippen molar-refractivity contribution in [3.8, 4) is 0 Å². The second-order valence-corrected chi connectivity index (χ2v) is 4.97. The van der Waals surface area contributed by atoms with E-state index in [1.807, 2.05) is 65.6 Å². The van der Waals surface area contributed by atoms with Crippen LogP contribution < -0.4 is 4.90 Å². The largest absolute Gasteiger partial charge is 0.308 e. The number of nitrogens with zero attached hydrogens (tertiary/aromatic N) is 1. The van der Waals surface area contributed by atoms with E-state index < -0.39 is 0 Å². The summed E-state index contributed by atoms with van der Waals surface area (Å²) in [6.07, 6.45) is 1.18. The monoisotopic (exact) mass is 287 g/mol. The fraction of sp³-hybridized carbons (Fsp3) is 0.235. The molecule has 0 saturated carbocycles. The molecule has 0 N–H and O–H groups in total. The van der Waals surface area contributed by atoms with Gasteiger partial charge in [0.1, 0.15) is 0 Å². The Morgan fingerprint density at radius 1 is 0.950 bits per heavy atom. The van der Waals surface area contributed by atoms with Crippen molar-refractivity contribution in [1.29, 1.82) is 0 Å². The standard InChI is InChI=1S/C17H18ClNO/c18-13-7-12-17(20)19(16-10-5-2-6-11-16)14-15-8-3-1-4-9-15/h1-6,8-11H,7,12-14H2. The fourth-order valence-corrected chi connectivity index (χ4v) is 2.18. The van der Waals surface area contributed by atoms with Crippen LogP contribution >= 0.6 is 11.6 Å². The second-order valence-electron chi connectivity index (χ2n) is 4.59. The lowest BCUT2D eigenvalue weighted by Gasteiger charge is -2.23. The summed E-state index contributed by atoms with van der Waals surface area (Å²) in [6.45, 7) is 0.589. The fourth-order valence-electron chi connectivity index (χ4n) is 2.05. The maximum absolute atomic E-state index is 12.4. The second kappa shape index (κ2) is 7.71. The summed E-state index contributed by atoms with van der Waals surface area (Å²) >= 11 is 5.69. The van der Waals surface area contributed by atoms with Crippen LogP contribution in [0, 0.1) is 0 Å². The van der Waals surface area contributed by atoms with Gasteiger partial charge in [-0.25, -0.2) is 0 Å². The number of alkyl halides is 1. The predicted octanol–water partition coefficient (Wildman–Crippen LogP) is 4.24. The van der Waals surface area contributed by atoms with E-state index in [2.05, 4.69) is 0 Å². The minimum atomic E-state index is 0.112. The van der Waals surface area contributed by atoms with Crippen molar-refractivity contribution >= 4 is 23.2 Å². The molecule has 0 aromatic heterocycles. The summed E-state index contributed by atoms with van der Waals surface area (Å²) in [7, 11) is 0. The molecule has 0 fully saturated rings. The van der Waals surface area contributed by atoms with Gasteiger partial charge in [0.15, 0.2) is 0 Å². The average molecular weight is 288 g/mol. The van der Waals surface area contributed by atoms with Gasteiger partial charge in [0, 0.05) is 18.0 Å². The summed E-state index contributed by atoms with van der Waals surface area (Å²) in [6, 6.07) is 19.8. The van der Waals surface area contributed by atoms with Crippen molar-refractivity contribution in [1.82, 2.24) is 0 Å². The van der Waals surface area contributed by atoms with Crippen molar-refractivity contribution < 1.29 is 4.79 Å². The molecule has 0 aliphatic heterocycles. The number of para-hydroxylation sites is 1. The zero-order chi connectivity index (χ0) is 14.2. The highest BCUT2D eigenvalue weighted by atomic mass is 35.5. The van der Waals surface area contributed by atoms with E-state index in [1.54, 1.807) is 0 Å². The SMILES string of the molecule is O=C(CCCCl)N(Cc1ccccc1)c1ccccc1. The lowest BCUT2D eigenvalue weighted by molar-refractivity contribution is -0.118. The van der Waals surface area contributed by atoms with E-state index in [4.69, 9.17) is 11.6 Å². The third-order valence-corrected chi connectivity index (χ3v) is 3.34. The number of anilines is 1. The van der Waals surface area contributed by atoms with E-state index in [0.717, 1.165) is 11.3 Å². The number of benzene rings is 2. The first kappa shape index (κ1) is 14.6. The van der Waals surface area contributed by atoms with Gasteiger partial charge in [0.05, 0.1) is 6.54 Å². The van der Waals surface area contributed by atoms with E-state index in [9.17, 15) is 4.79 Å². The van der Waals surface area contributed by atoms with Crippen molar-refractivity contribution in [2.75, 3.05) is 10.8 Å². The molecule has 0 aliphatic carbocycles. The van der Waals surface area contributed by atoms with Crippen molar-refractivity contribution in [3.05, 3.63) is 66.2 Å². The van der Waals surface area contributed by atoms with E-state index in [1.165, 1.54) is 0 Å². The van der Waals surface area contributed by atoms with Crippen LogP contribution in [0.1, 0.15) is 18.4 Å². The van der Waals surface area contributed by atoms with Crippen molar-refractivity contribution in [2.45, 2.75) is 19.4 Å². The number of rotatable bonds is 6. The quantitative estimate of drug-likeness (QED) is 0.728. The molecule has 3 heteroatoms. The average Bonchev–Trinajstić information content (AvgIpc) is 2.52. The molecule has 2 rings (SSSR count). The smallest absolute Gasteiger partial charge is 0.227 e. The van der Waals surface area contributed by atoms with E-state index in [-0.39, 0.29) is 5.91 Å². The van der Waals surface area contributed by atoms with Gasteiger partial charge in [-0.3, -0.25) is 4.79 Å². The Kier molecular flexibility index (Phi) is 5.63. The summed E-state index contributed by atoms with van der Waals surface area (Å²) in [5, 5.41) is 0. The molecule has 0 bridgehead atoms. The highest BCUT2D eigenvalue weighted by molar-refractivity contribution is 6.18. The molecule has 2 aromatic rings. The Labute approximate surface area is 125 Å². The molecule has 0 saturated heterocycles. The molecule has 1 amide bonds. The molecule has 2 nitrogen and oxygen atoms in total. The molecule has 0 radical (unpaired) electrons. The molecule has 0 unspecified atom stereocenters. The Morgan fingerprint density at radius 3 is 2.15 bits per heavy atom. The van der Waals surface area contributed by atoms with Crippen LogP contribution in [-0.2, 0) is 11.3 Å². The van der Waals surface area contributed by atoms with Gasteiger partial charge in [-0.15, -0.1) is 11.6 Å². The predicted molar refractivity (Wildman–Crippen MR) is 84.0 cm³/mol. The van der Waals surface area contributed by atoms with Crippen LogP contribution in [0.4, 0.5) is 5.69 Å². The normalized spacial score (nSPS) is 10.2. The number of halogens is 1. The molecule has 0 aliphatic rings. The lowest BCUT2D eigenvalue weighted by atomic mass is 10.1. The zero-order valence-electron chi connectivity index (χ0n) is 11.3. The topological polar surface area (TPSA) is 20.3 Å². The third kappa shape index (κ3) is 4.10. The first-order chi connectivity index (χ1) is 9.81. The summed E-state index contributed by atoms with van der Waals surface area (Å²) < 4.78 is 0. The van der Waals surface area contributed by atoms with Gasteiger partial charge in [-0.05, 0) is 24.1 Å². The molecular weight excluding hydrogens is 270 g/mol. The van der Waals surface area contributed by atoms with Gasteiger partial charge in [0.2, 0.25) is 5.91 Å². The summed E-state index contributed by atoms with van der Waals surface area (Å²) in [5.74, 6) is 0.625. The van der Waals surface area contributed by atoms with Crippen LogP contribution in [0.3, 0.4) is 0 Å². The van der Waals surface area contributed by atoms with Crippen LogP contribution in [0.25, 0.3) is 0 Å².